The van der Waals surface area contributed by atoms with Crippen molar-refractivity contribution in [1.82, 2.24) is 25.3 Å². The van der Waals surface area contributed by atoms with Crippen molar-refractivity contribution < 1.29 is 9.32 Å². The number of hydrogen-bond donors (Lipinski definition) is 1. The van der Waals surface area contributed by atoms with Gasteiger partial charge in [0.05, 0.1) is 17.4 Å². The van der Waals surface area contributed by atoms with Crippen molar-refractivity contribution in [3.63, 3.8) is 0 Å². The molecule has 25 heavy (non-hydrogen) atoms. The molecule has 1 fully saturated rings. The minimum Gasteiger partial charge on any atom is -0.361 e. The lowest BCUT2D eigenvalue weighted by molar-refractivity contribution is 0.133. The Bertz CT molecular complexity index is 688. The first-order chi connectivity index (χ1) is 12.0. The fraction of sp³-hybridized carbons (Fsp3) is 0.500. The zero-order chi connectivity index (χ0) is 17.8. The summed E-state index contributed by atoms with van der Waals surface area (Å²) in [4.78, 5) is 21.1. The zero-order valence-corrected chi connectivity index (χ0v) is 15.0. The number of nitrogens with one attached hydrogen (secondary N) is 1. The Morgan fingerprint density at radius 3 is 2.64 bits per heavy atom. The molecular weight excluding hydrogens is 318 g/mol. The van der Waals surface area contributed by atoms with Gasteiger partial charge in [0.1, 0.15) is 5.76 Å². The second-order valence-electron chi connectivity index (χ2n) is 6.49. The number of carbonyl (C=O) groups is 1. The largest absolute Gasteiger partial charge is 0.361 e. The quantitative estimate of drug-likeness (QED) is 0.922. The normalized spacial score (nSPS) is 16.7. The van der Waals surface area contributed by atoms with Gasteiger partial charge in [-0.1, -0.05) is 11.2 Å². The van der Waals surface area contributed by atoms with Crippen LogP contribution < -0.4 is 5.32 Å². The molecule has 2 aromatic heterocycles. The molecule has 134 valence electrons. The molecule has 0 saturated carbocycles. The van der Waals surface area contributed by atoms with Gasteiger partial charge in [0.2, 0.25) is 0 Å². The molecule has 0 radical (unpaired) electrons. The Hall–Kier alpha value is -2.41. The van der Waals surface area contributed by atoms with Gasteiger partial charge in [-0.2, -0.15) is 0 Å². The molecule has 3 heterocycles. The molecule has 7 heteroatoms. The van der Waals surface area contributed by atoms with Gasteiger partial charge in [-0.15, -0.1) is 0 Å². The van der Waals surface area contributed by atoms with Crippen molar-refractivity contribution in [3.8, 4) is 0 Å². The van der Waals surface area contributed by atoms with Crippen LogP contribution in [0.4, 0.5) is 4.79 Å². The first-order valence-electron chi connectivity index (χ1n) is 8.65. The molecule has 0 aliphatic carbocycles. The van der Waals surface area contributed by atoms with Gasteiger partial charge < -0.3 is 14.7 Å². The van der Waals surface area contributed by atoms with Crippen LogP contribution in [-0.4, -0.2) is 52.2 Å². The van der Waals surface area contributed by atoms with E-state index in [1.54, 1.807) is 0 Å². The lowest BCUT2D eigenvalue weighted by Gasteiger charge is -2.35. The molecule has 1 saturated heterocycles. The van der Waals surface area contributed by atoms with E-state index in [4.69, 9.17) is 4.52 Å². The lowest BCUT2D eigenvalue weighted by Crippen LogP contribution is -2.51. The molecule has 3 rings (SSSR count). The molecule has 0 spiro atoms. The molecule has 7 nitrogen and oxygen atoms in total. The van der Waals surface area contributed by atoms with Gasteiger partial charge in [0, 0.05) is 44.5 Å². The van der Waals surface area contributed by atoms with Crippen molar-refractivity contribution in [1.29, 1.82) is 0 Å². The van der Waals surface area contributed by atoms with Crippen LogP contribution in [0.3, 0.4) is 0 Å². The maximum atomic E-state index is 12.5. The fourth-order valence-electron chi connectivity index (χ4n) is 3.29. The zero-order valence-electron chi connectivity index (χ0n) is 15.0. The van der Waals surface area contributed by atoms with E-state index in [0.29, 0.717) is 13.1 Å². The smallest absolute Gasteiger partial charge is 0.317 e. The van der Waals surface area contributed by atoms with E-state index in [0.717, 1.165) is 42.3 Å². The monoisotopic (exact) mass is 343 g/mol. The Morgan fingerprint density at radius 1 is 1.28 bits per heavy atom. The van der Waals surface area contributed by atoms with Gasteiger partial charge in [-0.3, -0.25) is 9.88 Å². The highest BCUT2D eigenvalue weighted by Crippen LogP contribution is 2.21. The van der Waals surface area contributed by atoms with Gasteiger partial charge in [0.25, 0.3) is 0 Å². The highest BCUT2D eigenvalue weighted by Gasteiger charge is 2.24. The van der Waals surface area contributed by atoms with Crippen molar-refractivity contribution in [3.05, 3.63) is 47.1 Å². The Labute approximate surface area is 148 Å². The number of aromatic nitrogens is 2. The molecule has 1 atom stereocenters. The molecule has 1 aliphatic heterocycles. The number of urea groups is 1. The fourth-order valence-corrected chi connectivity index (χ4v) is 3.29. The minimum absolute atomic E-state index is 0.0370. The lowest BCUT2D eigenvalue weighted by atomic mass is 10.1. The third kappa shape index (κ3) is 4.17. The highest BCUT2D eigenvalue weighted by molar-refractivity contribution is 5.75. The van der Waals surface area contributed by atoms with Crippen LogP contribution in [0.1, 0.15) is 35.7 Å². The van der Waals surface area contributed by atoms with Crippen LogP contribution in [0, 0.1) is 13.8 Å². The second-order valence-corrected chi connectivity index (χ2v) is 6.49. The molecule has 0 aromatic carbocycles. The number of amides is 2. The first-order valence-corrected chi connectivity index (χ1v) is 8.65. The number of piperazine rings is 1. The summed E-state index contributed by atoms with van der Waals surface area (Å²) in [5.74, 6) is 0.755. The molecule has 2 amide bonds. The molecule has 1 unspecified atom stereocenters. The summed E-state index contributed by atoms with van der Waals surface area (Å²) < 4.78 is 5.19. The van der Waals surface area contributed by atoms with E-state index in [1.807, 2.05) is 50.1 Å². The number of nitrogens with zero attached hydrogens (tertiary/aromatic N) is 4. The summed E-state index contributed by atoms with van der Waals surface area (Å²) in [7, 11) is 0. The van der Waals surface area contributed by atoms with Crippen LogP contribution in [0.2, 0.25) is 0 Å². The SMILES string of the molecule is Cc1noc(C)c1C(C)NC(=O)N1CCN(Cc2ccccn2)CC1. The van der Waals surface area contributed by atoms with Gasteiger partial charge in [0.15, 0.2) is 0 Å². The van der Waals surface area contributed by atoms with Crippen molar-refractivity contribution in [2.45, 2.75) is 33.4 Å². The van der Waals surface area contributed by atoms with E-state index in [1.165, 1.54) is 0 Å². The molecule has 2 aromatic rings. The predicted octanol–water partition coefficient (Wildman–Crippen LogP) is 2.27. The van der Waals surface area contributed by atoms with Crippen LogP contribution in [-0.2, 0) is 6.54 Å². The number of aryl methyl sites for hydroxylation is 2. The molecular formula is C18H25N5O2. The van der Waals surface area contributed by atoms with E-state index in [-0.39, 0.29) is 12.1 Å². The average Bonchev–Trinajstić information content (AvgIpc) is 2.95. The third-order valence-corrected chi connectivity index (χ3v) is 4.63. The van der Waals surface area contributed by atoms with Crippen LogP contribution in [0.15, 0.2) is 28.9 Å². The molecule has 0 bridgehead atoms. The first kappa shape index (κ1) is 17.4. The summed E-state index contributed by atoms with van der Waals surface area (Å²) in [5, 5.41) is 7.01. The Morgan fingerprint density at radius 2 is 2.04 bits per heavy atom. The molecule has 1 aliphatic rings. The number of hydrogen-bond acceptors (Lipinski definition) is 5. The molecule has 1 N–H and O–H groups in total. The van der Waals surface area contributed by atoms with Crippen molar-refractivity contribution >= 4 is 6.03 Å². The van der Waals surface area contributed by atoms with Crippen LogP contribution in [0.25, 0.3) is 0 Å². The van der Waals surface area contributed by atoms with Gasteiger partial charge in [-0.25, -0.2) is 4.79 Å². The average molecular weight is 343 g/mol. The summed E-state index contributed by atoms with van der Waals surface area (Å²) >= 11 is 0. The van der Waals surface area contributed by atoms with Crippen LogP contribution in [0.5, 0.6) is 0 Å². The van der Waals surface area contributed by atoms with E-state index in [9.17, 15) is 4.79 Å². The van der Waals surface area contributed by atoms with Crippen molar-refractivity contribution in [2.24, 2.45) is 0 Å². The summed E-state index contributed by atoms with van der Waals surface area (Å²) in [5.41, 5.74) is 2.85. The van der Waals surface area contributed by atoms with Gasteiger partial charge in [-0.05, 0) is 32.9 Å². The predicted molar refractivity (Wildman–Crippen MR) is 94.0 cm³/mol. The number of rotatable bonds is 4. The second kappa shape index (κ2) is 7.65. The third-order valence-electron chi connectivity index (χ3n) is 4.63. The van der Waals surface area contributed by atoms with Crippen LogP contribution >= 0.6 is 0 Å². The topological polar surface area (TPSA) is 74.5 Å². The Balaban J connectivity index is 1.50. The minimum atomic E-state index is -0.120. The maximum absolute atomic E-state index is 12.5. The van der Waals surface area contributed by atoms with E-state index >= 15 is 0 Å². The van der Waals surface area contributed by atoms with Crippen molar-refractivity contribution in [2.75, 3.05) is 26.2 Å². The highest BCUT2D eigenvalue weighted by atomic mass is 16.5. The number of pyridine rings is 1. The Kier molecular flexibility index (Phi) is 5.33. The van der Waals surface area contributed by atoms with E-state index < -0.39 is 0 Å². The van der Waals surface area contributed by atoms with Gasteiger partial charge >= 0.3 is 6.03 Å². The summed E-state index contributed by atoms with van der Waals surface area (Å²) in [6.45, 7) is 9.68. The van der Waals surface area contributed by atoms with E-state index in [2.05, 4.69) is 20.4 Å². The summed E-state index contributed by atoms with van der Waals surface area (Å²) in [6.07, 6.45) is 1.81. The maximum Gasteiger partial charge on any atom is 0.317 e. The standard InChI is InChI=1S/C18H25N5O2/c1-13(17-14(2)21-25-15(17)3)20-18(24)23-10-8-22(9-11-23)12-16-6-4-5-7-19-16/h4-7,13H,8-12H2,1-3H3,(H,20,24). The number of carbonyl (C=O) groups excluding carboxylic acids is 1. The summed E-state index contributed by atoms with van der Waals surface area (Å²) in [6, 6.07) is 5.80.